The lowest BCUT2D eigenvalue weighted by Gasteiger charge is -2.35. The van der Waals surface area contributed by atoms with Crippen molar-refractivity contribution in [2.75, 3.05) is 13.1 Å². The highest BCUT2D eigenvalue weighted by Crippen LogP contribution is 2.24. The number of hydrogen-bond acceptors (Lipinski definition) is 5. The zero-order valence-corrected chi connectivity index (χ0v) is 15.0. The average molecular weight is 346 g/mol. The first-order chi connectivity index (χ1) is 10.3. The molecular weight excluding hydrogens is 322 g/mol. The normalized spacial score (nSPS) is 19.9. The maximum atomic E-state index is 11.8. The van der Waals surface area contributed by atoms with E-state index in [4.69, 9.17) is 16.3 Å². The highest BCUT2D eigenvalue weighted by Gasteiger charge is 2.24. The fourth-order valence-corrected chi connectivity index (χ4v) is 3.58. The minimum Gasteiger partial charge on any atom is -0.444 e. The Labute approximate surface area is 141 Å². The zero-order valence-electron chi connectivity index (χ0n) is 13.4. The first-order valence-electron chi connectivity index (χ1n) is 7.64. The van der Waals surface area contributed by atoms with Crippen LogP contribution in [0.3, 0.4) is 0 Å². The van der Waals surface area contributed by atoms with Gasteiger partial charge in [0.1, 0.15) is 5.60 Å². The topological polar surface area (TPSA) is 54.5 Å². The number of nitrogens with zero attached hydrogens (tertiary/aromatic N) is 2. The van der Waals surface area contributed by atoms with Crippen LogP contribution in [0, 0.1) is 0 Å². The fourth-order valence-electron chi connectivity index (χ4n) is 2.57. The van der Waals surface area contributed by atoms with Gasteiger partial charge in [0.25, 0.3) is 0 Å². The molecule has 2 heterocycles. The van der Waals surface area contributed by atoms with E-state index in [-0.39, 0.29) is 6.09 Å². The zero-order chi connectivity index (χ0) is 16.2. The second kappa shape index (κ2) is 7.62. The Morgan fingerprint density at radius 1 is 1.55 bits per heavy atom. The summed E-state index contributed by atoms with van der Waals surface area (Å²) in [5.74, 6) is 0. The number of carbonyl (C=O) groups is 1. The van der Waals surface area contributed by atoms with Crippen LogP contribution in [-0.2, 0) is 11.3 Å². The van der Waals surface area contributed by atoms with E-state index < -0.39 is 5.60 Å². The third kappa shape index (κ3) is 5.74. The highest BCUT2D eigenvalue weighted by atomic mass is 35.5. The molecule has 1 aromatic heterocycles. The minimum atomic E-state index is -0.463. The van der Waals surface area contributed by atoms with Crippen molar-refractivity contribution in [3.63, 3.8) is 0 Å². The number of rotatable bonds is 4. The molecule has 7 heteroatoms. The van der Waals surface area contributed by atoms with Crippen LogP contribution in [-0.4, -0.2) is 40.7 Å². The van der Waals surface area contributed by atoms with Gasteiger partial charge in [-0.15, -0.1) is 11.3 Å². The van der Waals surface area contributed by atoms with Crippen LogP contribution >= 0.6 is 22.9 Å². The molecule has 0 aromatic carbocycles. The summed E-state index contributed by atoms with van der Waals surface area (Å²) in [6.45, 7) is 8.09. The molecule has 1 fully saturated rings. The number of amides is 1. The summed E-state index contributed by atoms with van der Waals surface area (Å²) in [6.07, 6.45) is 4.96. The lowest BCUT2D eigenvalue weighted by Crippen LogP contribution is -2.47. The van der Waals surface area contributed by atoms with Gasteiger partial charge in [-0.1, -0.05) is 18.0 Å². The van der Waals surface area contributed by atoms with Crippen molar-refractivity contribution < 1.29 is 9.53 Å². The van der Waals surface area contributed by atoms with Gasteiger partial charge in [-0.2, -0.15) is 0 Å². The first-order valence-corrected chi connectivity index (χ1v) is 8.84. The molecule has 1 aromatic rings. The van der Waals surface area contributed by atoms with Gasteiger partial charge in [0.05, 0.1) is 0 Å². The second-order valence-electron chi connectivity index (χ2n) is 6.58. The molecule has 1 aliphatic heterocycles. The van der Waals surface area contributed by atoms with Gasteiger partial charge < -0.3 is 10.1 Å². The Bertz CT molecular complexity index is 501. The molecule has 0 aliphatic carbocycles. The van der Waals surface area contributed by atoms with E-state index in [1.807, 2.05) is 27.0 Å². The van der Waals surface area contributed by atoms with Gasteiger partial charge in [-0.25, -0.2) is 9.78 Å². The Balaban J connectivity index is 1.85. The molecule has 124 valence electrons. The highest BCUT2D eigenvalue weighted by molar-refractivity contribution is 7.15. The van der Waals surface area contributed by atoms with Gasteiger partial charge in [0.2, 0.25) is 0 Å². The van der Waals surface area contributed by atoms with E-state index in [1.54, 1.807) is 0 Å². The molecule has 5 nitrogen and oxygen atoms in total. The van der Waals surface area contributed by atoms with E-state index in [2.05, 4.69) is 15.2 Å². The molecule has 0 radical (unpaired) electrons. The molecule has 1 unspecified atom stereocenters. The molecule has 1 saturated heterocycles. The van der Waals surface area contributed by atoms with Crippen LogP contribution in [0.15, 0.2) is 6.20 Å². The molecule has 0 spiro atoms. The summed E-state index contributed by atoms with van der Waals surface area (Å²) in [6, 6.07) is 0.335. The molecule has 1 N–H and O–H groups in total. The summed E-state index contributed by atoms with van der Waals surface area (Å²) >= 11 is 7.41. The van der Waals surface area contributed by atoms with Crippen molar-refractivity contribution in [3.05, 3.63) is 15.5 Å². The maximum Gasteiger partial charge on any atom is 0.407 e. The monoisotopic (exact) mass is 345 g/mol. The van der Waals surface area contributed by atoms with E-state index >= 15 is 0 Å². The van der Waals surface area contributed by atoms with E-state index in [0.29, 0.717) is 17.1 Å². The number of aromatic nitrogens is 1. The molecule has 0 saturated carbocycles. The minimum absolute atomic E-state index is 0.335. The number of piperidine rings is 1. The maximum absolute atomic E-state index is 11.8. The van der Waals surface area contributed by atoms with Crippen molar-refractivity contribution in [1.29, 1.82) is 0 Å². The Hall–Kier alpha value is -0.850. The van der Waals surface area contributed by atoms with Crippen molar-refractivity contribution in [1.82, 2.24) is 15.2 Å². The summed E-state index contributed by atoms with van der Waals surface area (Å²) < 4.78 is 5.87. The standard InChI is InChI=1S/C15H24ClN3O2S/c1-15(2,3)21-14(20)18-8-11-6-4-5-7-19(11)10-12-9-17-13(16)22-12/h9,11H,4-8,10H2,1-3H3,(H,18,20). The van der Waals surface area contributed by atoms with Crippen molar-refractivity contribution in [3.8, 4) is 0 Å². The van der Waals surface area contributed by atoms with Crippen LogP contribution in [0.2, 0.25) is 4.47 Å². The predicted octanol–water partition coefficient (Wildman–Crippen LogP) is 3.68. The predicted molar refractivity (Wildman–Crippen MR) is 89.4 cm³/mol. The van der Waals surface area contributed by atoms with Gasteiger partial charge >= 0.3 is 6.09 Å². The average Bonchev–Trinajstić information content (AvgIpc) is 2.81. The van der Waals surface area contributed by atoms with Gasteiger partial charge in [0.15, 0.2) is 4.47 Å². The number of hydrogen-bond donors (Lipinski definition) is 1. The van der Waals surface area contributed by atoms with Crippen molar-refractivity contribution in [2.45, 2.75) is 58.2 Å². The third-order valence-corrected chi connectivity index (χ3v) is 4.61. The molecule has 0 bridgehead atoms. The van der Waals surface area contributed by atoms with E-state index in [9.17, 15) is 4.79 Å². The molecule has 1 aliphatic rings. The Kier molecular flexibility index (Phi) is 6.06. The van der Waals surface area contributed by atoms with Crippen molar-refractivity contribution in [2.24, 2.45) is 0 Å². The SMILES string of the molecule is CC(C)(C)OC(=O)NCC1CCCCN1Cc1cnc(Cl)s1. The largest absolute Gasteiger partial charge is 0.444 e. The van der Waals surface area contributed by atoms with Crippen LogP contribution in [0.1, 0.15) is 44.9 Å². The van der Waals surface area contributed by atoms with Gasteiger partial charge in [-0.3, -0.25) is 4.90 Å². The van der Waals surface area contributed by atoms with Crippen molar-refractivity contribution >= 4 is 29.0 Å². The van der Waals surface area contributed by atoms with Crippen LogP contribution in [0.5, 0.6) is 0 Å². The quantitative estimate of drug-likeness (QED) is 0.904. The second-order valence-corrected chi connectivity index (χ2v) is 8.28. The number of likely N-dealkylation sites (tertiary alicyclic amines) is 1. The lowest BCUT2D eigenvalue weighted by atomic mass is 10.0. The number of ether oxygens (including phenoxy) is 1. The van der Waals surface area contributed by atoms with E-state index in [1.165, 1.54) is 24.2 Å². The molecule has 2 rings (SSSR count). The summed E-state index contributed by atoms with van der Waals surface area (Å²) in [4.78, 5) is 19.4. The number of halogens is 1. The van der Waals surface area contributed by atoms with Crippen LogP contribution in [0.25, 0.3) is 0 Å². The number of nitrogens with one attached hydrogen (secondary N) is 1. The fraction of sp³-hybridized carbons (Fsp3) is 0.733. The number of alkyl carbamates (subject to hydrolysis) is 1. The summed E-state index contributed by atoms with van der Waals surface area (Å²) in [5.41, 5.74) is -0.463. The molecular formula is C15H24ClN3O2S. The first kappa shape index (κ1) is 17.5. The summed E-state index contributed by atoms with van der Waals surface area (Å²) in [7, 11) is 0. The van der Waals surface area contributed by atoms with Crippen LogP contribution < -0.4 is 5.32 Å². The Morgan fingerprint density at radius 2 is 2.32 bits per heavy atom. The van der Waals surface area contributed by atoms with Gasteiger partial charge in [0, 0.05) is 30.2 Å². The smallest absolute Gasteiger partial charge is 0.407 e. The van der Waals surface area contributed by atoms with E-state index in [0.717, 1.165) is 24.4 Å². The number of thiazole rings is 1. The summed E-state index contributed by atoms with van der Waals surface area (Å²) in [5, 5.41) is 2.89. The molecule has 1 atom stereocenters. The lowest BCUT2D eigenvalue weighted by molar-refractivity contribution is 0.0492. The molecule has 22 heavy (non-hydrogen) atoms. The number of carbonyl (C=O) groups excluding carboxylic acids is 1. The molecule has 1 amide bonds. The van der Waals surface area contributed by atoms with Crippen LogP contribution in [0.4, 0.5) is 4.79 Å². The van der Waals surface area contributed by atoms with Gasteiger partial charge in [-0.05, 0) is 40.2 Å². The third-order valence-electron chi connectivity index (χ3n) is 3.51. The Morgan fingerprint density at radius 3 is 2.95 bits per heavy atom.